The van der Waals surface area contributed by atoms with Crippen LogP contribution in [0, 0.1) is 0 Å². The molecule has 1 aromatic rings. The molecular weight excluding hydrogens is 236 g/mol. The van der Waals surface area contributed by atoms with Crippen LogP contribution in [-0.2, 0) is 11.2 Å². The van der Waals surface area contributed by atoms with E-state index in [0.717, 1.165) is 12.0 Å². The Hall–Kier alpha value is -1.57. The van der Waals surface area contributed by atoms with E-state index in [-0.39, 0.29) is 0 Å². The predicted molar refractivity (Wildman–Crippen MR) is 80.2 cm³/mol. The summed E-state index contributed by atoms with van der Waals surface area (Å²) in [6.07, 6.45) is 11.6. The van der Waals surface area contributed by atoms with Gasteiger partial charge in [0.05, 0.1) is 0 Å². The first-order chi connectivity index (χ1) is 9.24. The number of benzene rings is 1. The second-order valence-corrected chi connectivity index (χ2v) is 4.89. The normalized spacial score (nSPS) is 11.0. The van der Waals surface area contributed by atoms with Crippen molar-refractivity contribution < 1.29 is 9.90 Å². The molecule has 0 aromatic heterocycles. The number of hydrogen-bond acceptors (Lipinski definition) is 1. The standard InChI is InChI=1S/C17H24O2/c1-2-3-4-5-6-7-10-15-11-8-9-12-16(15)13-14-17(18)19/h8-9,11-14H,2-7,10H2,1H3,(H,18,19)/b14-13+. The Kier molecular flexibility index (Phi) is 7.64. The molecule has 0 aliphatic heterocycles. The van der Waals surface area contributed by atoms with Crippen molar-refractivity contribution in [1.82, 2.24) is 0 Å². The highest BCUT2D eigenvalue weighted by molar-refractivity contribution is 5.85. The van der Waals surface area contributed by atoms with Crippen molar-refractivity contribution in [3.05, 3.63) is 41.5 Å². The lowest BCUT2D eigenvalue weighted by atomic mass is 10.00. The Balaban J connectivity index is 2.42. The number of unbranched alkanes of at least 4 members (excludes halogenated alkanes) is 5. The number of carboxylic acids is 1. The van der Waals surface area contributed by atoms with Crippen LogP contribution in [0.1, 0.15) is 56.6 Å². The molecule has 1 N–H and O–H groups in total. The fraction of sp³-hybridized carbons (Fsp3) is 0.471. The molecule has 0 aliphatic carbocycles. The lowest BCUT2D eigenvalue weighted by molar-refractivity contribution is -0.131. The molecule has 2 heteroatoms. The largest absolute Gasteiger partial charge is 0.478 e. The van der Waals surface area contributed by atoms with E-state index in [9.17, 15) is 4.79 Å². The maximum absolute atomic E-state index is 10.6. The second-order valence-electron chi connectivity index (χ2n) is 4.89. The molecule has 1 aromatic carbocycles. The van der Waals surface area contributed by atoms with Crippen LogP contribution in [0.4, 0.5) is 0 Å². The van der Waals surface area contributed by atoms with Crippen LogP contribution in [-0.4, -0.2) is 11.1 Å². The van der Waals surface area contributed by atoms with E-state index in [1.807, 2.05) is 18.2 Å². The highest BCUT2D eigenvalue weighted by Crippen LogP contribution is 2.15. The van der Waals surface area contributed by atoms with Gasteiger partial charge in [-0.05, 0) is 30.0 Å². The van der Waals surface area contributed by atoms with Crippen LogP contribution in [0.15, 0.2) is 30.3 Å². The molecule has 0 bridgehead atoms. The molecule has 104 valence electrons. The zero-order valence-corrected chi connectivity index (χ0v) is 11.8. The van der Waals surface area contributed by atoms with E-state index in [4.69, 9.17) is 5.11 Å². The molecule has 0 unspecified atom stereocenters. The minimum Gasteiger partial charge on any atom is -0.478 e. The Bertz CT molecular complexity index is 407. The number of hydrogen-bond donors (Lipinski definition) is 1. The summed E-state index contributed by atoms with van der Waals surface area (Å²) < 4.78 is 0. The molecule has 0 heterocycles. The van der Waals surface area contributed by atoms with Crippen LogP contribution < -0.4 is 0 Å². The van der Waals surface area contributed by atoms with Crippen molar-refractivity contribution in [1.29, 1.82) is 0 Å². The molecule has 19 heavy (non-hydrogen) atoms. The Morgan fingerprint density at radius 3 is 2.53 bits per heavy atom. The van der Waals surface area contributed by atoms with Gasteiger partial charge in [-0.2, -0.15) is 0 Å². The molecule has 0 amide bonds. The summed E-state index contributed by atoms with van der Waals surface area (Å²) in [5, 5.41) is 8.68. The number of carbonyl (C=O) groups is 1. The van der Waals surface area contributed by atoms with Gasteiger partial charge in [-0.25, -0.2) is 4.79 Å². The van der Waals surface area contributed by atoms with E-state index in [1.54, 1.807) is 6.08 Å². The zero-order chi connectivity index (χ0) is 13.9. The average Bonchev–Trinajstić information content (AvgIpc) is 2.41. The van der Waals surface area contributed by atoms with Crippen LogP contribution in [0.2, 0.25) is 0 Å². The van der Waals surface area contributed by atoms with Gasteiger partial charge in [-0.15, -0.1) is 0 Å². The van der Waals surface area contributed by atoms with E-state index in [0.29, 0.717) is 0 Å². The third-order valence-electron chi connectivity index (χ3n) is 3.26. The number of carboxylic acid groups (broad SMARTS) is 1. The molecule has 0 spiro atoms. The second kappa shape index (κ2) is 9.37. The molecular formula is C17H24O2. The Labute approximate surface area is 116 Å². The highest BCUT2D eigenvalue weighted by atomic mass is 16.4. The van der Waals surface area contributed by atoms with Crippen LogP contribution in [0.3, 0.4) is 0 Å². The third kappa shape index (κ3) is 6.80. The van der Waals surface area contributed by atoms with Gasteiger partial charge in [-0.3, -0.25) is 0 Å². The maximum Gasteiger partial charge on any atom is 0.328 e. The van der Waals surface area contributed by atoms with Crippen molar-refractivity contribution in [2.45, 2.75) is 51.9 Å². The summed E-state index contributed by atoms with van der Waals surface area (Å²) >= 11 is 0. The van der Waals surface area contributed by atoms with Crippen LogP contribution >= 0.6 is 0 Å². The van der Waals surface area contributed by atoms with Gasteiger partial charge < -0.3 is 5.11 Å². The lowest BCUT2D eigenvalue weighted by Gasteiger charge is -2.06. The van der Waals surface area contributed by atoms with E-state index < -0.39 is 5.97 Å². The Morgan fingerprint density at radius 1 is 1.11 bits per heavy atom. The summed E-state index contributed by atoms with van der Waals surface area (Å²) in [5.74, 6) is -0.894. The minimum absolute atomic E-state index is 0.894. The fourth-order valence-electron chi connectivity index (χ4n) is 2.18. The molecule has 0 fully saturated rings. The van der Waals surface area contributed by atoms with Crippen molar-refractivity contribution in [3.63, 3.8) is 0 Å². The van der Waals surface area contributed by atoms with Gasteiger partial charge in [0.25, 0.3) is 0 Å². The number of aliphatic carboxylic acids is 1. The molecule has 0 atom stereocenters. The number of aryl methyl sites for hydroxylation is 1. The maximum atomic E-state index is 10.6. The van der Waals surface area contributed by atoms with E-state index in [2.05, 4.69) is 13.0 Å². The van der Waals surface area contributed by atoms with Crippen molar-refractivity contribution in [2.75, 3.05) is 0 Å². The summed E-state index contributed by atoms with van der Waals surface area (Å²) in [5.41, 5.74) is 2.27. The van der Waals surface area contributed by atoms with Gasteiger partial charge in [0, 0.05) is 6.08 Å². The molecule has 0 saturated carbocycles. The predicted octanol–water partition coefficient (Wildman–Crippen LogP) is 4.69. The van der Waals surface area contributed by atoms with Crippen LogP contribution in [0.25, 0.3) is 6.08 Å². The van der Waals surface area contributed by atoms with Gasteiger partial charge in [0.15, 0.2) is 0 Å². The van der Waals surface area contributed by atoms with Crippen molar-refractivity contribution in [3.8, 4) is 0 Å². The zero-order valence-electron chi connectivity index (χ0n) is 11.8. The third-order valence-corrected chi connectivity index (χ3v) is 3.26. The molecule has 2 nitrogen and oxygen atoms in total. The first-order valence-corrected chi connectivity index (χ1v) is 7.23. The van der Waals surface area contributed by atoms with Gasteiger partial charge in [0.1, 0.15) is 0 Å². The summed E-state index contributed by atoms with van der Waals surface area (Å²) in [7, 11) is 0. The topological polar surface area (TPSA) is 37.3 Å². The molecule has 0 aliphatic rings. The summed E-state index contributed by atoms with van der Waals surface area (Å²) in [6.45, 7) is 2.23. The Morgan fingerprint density at radius 2 is 1.79 bits per heavy atom. The lowest BCUT2D eigenvalue weighted by Crippen LogP contribution is -1.91. The molecule has 1 rings (SSSR count). The summed E-state index contributed by atoms with van der Waals surface area (Å²) in [6, 6.07) is 8.04. The smallest absolute Gasteiger partial charge is 0.328 e. The highest BCUT2D eigenvalue weighted by Gasteiger charge is 1.99. The monoisotopic (exact) mass is 260 g/mol. The fourth-order valence-corrected chi connectivity index (χ4v) is 2.18. The first-order valence-electron chi connectivity index (χ1n) is 7.23. The molecule has 0 saturated heterocycles. The van der Waals surface area contributed by atoms with Gasteiger partial charge in [-0.1, -0.05) is 63.3 Å². The SMILES string of the molecule is CCCCCCCCc1ccccc1/C=C/C(=O)O. The van der Waals surface area contributed by atoms with Gasteiger partial charge in [0.2, 0.25) is 0 Å². The quantitative estimate of drug-likeness (QED) is 0.516. The van der Waals surface area contributed by atoms with Gasteiger partial charge >= 0.3 is 5.97 Å². The molecule has 0 radical (unpaired) electrons. The van der Waals surface area contributed by atoms with E-state index >= 15 is 0 Å². The summed E-state index contributed by atoms with van der Waals surface area (Å²) in [4.78, 5) is 10.6. The van der Waals surface area contributed by atoms with Crippen molar-refractivity contribution in [2.24, 2.45) is 0 Å². The van der Waals surface area contributed by atoms with Crippen molar-refractivity contribution >= 4 is 12.0 Å². The van der Waals surface area contributed by atoms with Crippen LogP contribution in [0.5, 0.6) is 0 Å². The number of rotatable bonds is 9. The average molecular weight is 260 g/mol. The first kappa shape index (κ1) is 15.5. The minimum atomic E-state index is -0.894. The van der Waals surface area contributed by atoms with E-state index in [1.165, 1.54) is 50.2 Å².